The van der Waals surface area contributed by atoms with Crippen molar-refractivity contribution in [2.45, 2.75) is 13.0 Å². The molecule has 6 heteroatoms. The zero-order valence-electron chi connectivity index (χ0n) is 8.93. The highest BCUT2D eigenvalue weighted by Crippen LogP contribution is 1.92. The molecule has 0 bridgehead atoms. The van der Waals surface area contributed by atoms with Crippen LogP contribution in [0.2, 0.25) is 0 Å². The van der Waals surface area contributed by atoms with Crippen molar-refractivity contribution in [3.63, 3.8) is 0 Å². The van der Waals surface area contributed by atoms with Crippen LogP contribution in [0.5, 0.6) is 0 Å². The Morgan fingerprint density at radius 1 is 1.50 bits per heavy atom. The number of carboxylic acid groups (broad SMARTS) is 1. The zero-order valence-corrected chi connectivity index (χ0v) is 8.93. The number of amides is 1. The minimum Gasteiger partial charge on any atom is -0.480 e. The Labute approximate surface area is 91.5 Å². The van der Waals surface area contributed by atoms with E-state index in [0.29, 0.717) is 0 Å². The number of carboxylic acids is 1. The first kappa shape index (κ1) is 12.0. The van der Waals surface area contributed by atoms with Crippen LogP contribution < -0.4 is 10.9 Å². The maximum absolute atomic E-state index is 11.5. The van der Waals surface area contributed by atoms with Gasteiger partial charge in [-0.2, -0.15) is 0 Å². The Hall–Kier alpha value is -2.11. The molecule has 0 aliphatic rings. The molecular weight excluding hydrogens is 212 g/mol. The SMILES string of the molecule is C[C@@H](NC(=O)c1cccn(C)c1=O)C(=O)O. The number of hydrogen-bond acceptors (Lipinski definition) is 3. The molecule has 86 valence electrons. The molecule has 6 nitrogen and oxygen atoms in total. The summed E-state index contributed by atoms with van der Waals surface area (Å²) in [6.07, 6.45) is 1.51. The van der Waals surface area contributed by atoms with E-state index in [9.17, 15) is 14.4 Å². The highest BCUT2D eigenvalue weighted by atomic mass is 16.4. The van der Waals surface area contributed by atoms with Crippen LogP contribution in [0.1, 0.15) is 17.3 Å². The van der Waals surface area contributed by atoms with Gasteiger partial charge in [-0.15, -0.1) is 0 Å². The van der Waals surface area contributed by atoms with Crippen molar-refractivity contribution in [2.75, 3.05) is 0 Å². The number of rotatable bonds is 3. The van der Waals surface area contributed by atoms with E-state index in [0.717, 1.165) is 0 Å². The van der Waals surface area contributed by atoms with Crippen molar-refractivity contribution < 1.29 is 14.7 Å². The Balaban J connectivity index is 2.94. The number of hydrogen-bond donors (Lipinski definition) is 2. The molecular formula is C10H12N2O4. The summed E-state index contributed by atoms with van der Waals surface area (Å²) >= 11 is 0. The number of nitrogens with zero attached hydrogens (tertiary/aromatic N) is 1. The molecule has 1 atom stereocenters. The summed E-state index contributed by atoms with van der Waals surface area (Å²) in [5.74, 6) is -1.84. The van der Waals surface area contributed by atoms with Crippen molar-refractivity contribution >= 4 is 11.9 Å². The predicted molar refractivity (Wildman–Crippen MR) is 56.2 cm³/mol. The first-order valence-corrected chi connectivity index (χ1v) is 4.63. The van der Waals surface area contributed by atoms with Gasteiger partial charge in [0, 0.05) is 13.2 Å². The van der Waals surface area contributed by atoms with Crippen LogP contribution in [-0.2, 0) is 11.8 Å². The number of aliphatic carboxylic acids is 1. The van der Waals surface area contributed by atoms with E-state index in [1.165, 1.54) is 30.8 Å². The average Bonchev–Trinajstić information content (AvgIpc) is 2.21. The molecule has 0 unspecified atom stereocenters. The van der Waals surface area contributed by atoms with Crippen LogP contribution in [-0.4, -0.2) is 27.6 Å². The Morgan fingerprint density at radius 2 is 2.12 bits per heavy atom. The highest BCUT2D eigenvalue weighted by Gasteiger charge is 2.17. The average molecular weight is 224 g/mol. The standard InChI is InChI=1S/C10H12N2O4/c1-6(10(15)16)11-8(13)7-4-3-5-12(2)9(7)14/h3-6H,1-2H3,(H,11,13)(H,15,16)/t6-/m1/s1. The lowest BCUT2D eigenvalue weighted by Gasteiger charge is -2.09. The van der Waals surface area contributed by atoms with Crippen LogP contribution in [0, 0.1) is 0 Å². The summed E-state index contributed by atoms with van der Waals surface area (Å²) in [6.45, 7) is 1.33. The lowest BCUT2D eigenvalue weighted by atomic mass is 10.2. The highest BCUT2D eigenvalue weighted by molar-refractivity contribution is 5.96. The van der Waals surface area contributed by atoms with E-state index in [1.807, 2.05) is 0 Å². The lowest BCUT2D eigenvalue weighted by Crippen LogP contribution is -2.41. The van der Waals surface area contributed by atoms with Crippen molar-refractivity contribution in [1.82, 2.24) is 9.88 Å². The van der Waals surface area contributed by atoms with Crippen molar-refractivity contribution in [1.29, 1.82) is 0 Å². The first-order chi connectivity index (χ1) is 7.43. The molecule has 1 rings (SSSR count). The monoisotopic (exact) mass is 224 g/mol. The van der Waals surface area contributed by atoms with Gasteiger partial charge in [-0.1, -0.05) is 0 Å². The summed E-state index contributed by atoms with van der Waals surface area (Å²) in [5, 5.41) is 10.8. The summed E-state index contributed by atoms with van der Waals surface area (Å²) in [7, 11) is 1.51. The third kappa shape index (κ3) is 2.47. The topological polar surface area (TPSA) is 88.4 Å². The maximum Gasteiger partial charge on any atom is 0.325 e. The minimum atomic E-state index is -1.15. The molecule has 2 N–H and O–H groups in total. The van der Waals surface area contributed by atoms with E-state index in [2.05, 4.69) is 5.32 Å². The van der Waals surface area contributed by atoms with Gasteiger partial charge in [-0.3, -0.25) is 14.4 Å². The molecule has 0 saturated carbocycles. The van der Waals surface area contributed by atoms with Gasteiger partial charge in [0.1, 0.15) is 11.6 Å². The fourth-order valence-electron chi connectivity index (χ4n) is 1.11. The van der Waals surface area contributed by atoms with Gasteiger partial charge < -0.3 is 15.0 Å². The van der Waals surface area contributed by atoms with Crippen LogP contribution in [0.25, 0.3) is 0 Å². The number of aromatic nitrogens is 1. The number of pyridine rings is 1. The van der Waals surface area contributed by atoms with Gasteiger partial charge >= 0.3 is 5.97 Å². The van der Waals surface area contributed by atoms with Gasteiger partial charge in [0.25, 0.3) is 11.5 Å². The summed E-state index contributed by atoms with van der Waals surface area (Å²) in [4.78, 5) is 33.6. The molecule has 0 aromatic carbocycles. The third-order valence-corrected chi connectivity index (χ3v) is 2.09. The van der Waals surface area contributed by atoms with E-state index in [1.54, 1.807) is 6.07 Å². The Morgan fingerprint density at radius 3 is 2.69 bits per heavy atom. The van der Waals surface area contributed by atoms with Crippen molar-refractivity contribution in [2.24, 2.45) is 7.05 Å². The molecule has 0 aliphatic carbocycles. The molecule has 1 heterocycles. The Kier molecular flexibility index (Phi) is 3.44. The summed E-state index contributed by atoms with van der Waals surface area (Å²) in [6, 6.07) is 1.87. The lowest BCUT2D eigenvalue weighted by molar-refractivity contribution is -0.138. The largest absolute Gasteiger partial charge is 0.480 e. The van der Waals surface area contributed by atoms with E-state index >= 15 is 0 Å². The van der Waals surface area contributed by atoms with Gasteiger partial charge in [0.15, 0.2) is 0 Å². The molecule has 0 spiro atoms. The number of carbonyl (C=O) groups is 2. The van der Waals surface area contributed by atoms with E-state index < -0.39 is 23.5 Å². The summed E-state index contributed by atoms with van der Waals surface area (Å²) in [5.41, 5.74) is -0.532. The second kappa shape index (κ2) is 4.61. The third-order valence-electron chi connectivity index (χ3n) is 2.09. The second-order valence-corrected chi connectivity index (χ2v) is 3.37. The quantitative estimate of drug-likeness (QED) is 0.730. The van der Waals surface area contributed by atoms with E-state index in [4.69, 9.17) is 5.11 Å². The predicted octanol–water partition coefficient (Wildman–Crippen LogP) is -0.412. The maximum atomic E-state index is 11.5. The first-order valence-electron chi connectivity index (χ1n) is 4.63. The molecule has 1 aromatic heterocycles. The molecule has 1 amide bonds. The van der Waals surface area contributed by atoms with Crippen LogP contribution in [0.15, 0.2) is 23.1 Å². The Bertz CT molecular complexity index is 478. The molecule has 0 saturated heterocycles. The van der Waals surface area contributed by atoms with Crippen LogP contribution >= 0.6 is 0 Å². The summed E-state index contributed by atoms with van der Waals surface area (Å²) < 4.78 is 1.25. The molecule has 16 heavy (non-hydrogen) atoms. The van der Waals surface area contributed by atoms with Gasteiger partial charge in [-0.25, -0.2) is 0 Å². The minimum absolute atomic E-state index is 0.0712. The zero-order chi connectivity index (χ0) is 12.3. The van der Waals surface area contributed by atoms with Gasteiger partial charge in [0.2, 0.25) is 0 Å². The number of carbonyl (C=O) groups excluding carboxylic acids is 1. The normalized spacial score (nSPS) is 11.9. The van der Waals surface area contributed by atoms with Gasteiger partial charge in [0.05, 0.1) is 0 Å². The fraction of sp³-hybridized carbons (Fsp3) is 0.300. The molecule has 0 aliphatic heterocycles. The van der Waals surface area contributed by atoms with Crippen molar-refractivity contribution in [3.8, 4) is 0 Å². The van der Waals surface area contributed by atoms with Crippen LogP contribution in [0.4, 0.5) is 0 Å². The molecule has 0 radical (unpaired) electrons. The number of nitrogens with one attached hydrogen (secondary N) is 1. The van der Waals surface area contributed by atoms with Gasteiger partial charge in [-0.05, 0) is 19.1 Å². The van der Waals surface area contributed by atoms with Crippen LogP contribution in [0.3, 0.4) is 0 Å². The molecule has 0 fully saturated rings. The van der Waals surface area contributed by atoms with E-state index in [-0.39, 0.29) is 5.56 Å². The molecule has 1 aromatic rings. The van der Waals surface area contributed by atoms with Crippen molar-refractivity contribution in [3.05, 3.63) is 34.2 Å². The number of aryl methyl sites for hydroxylation is 1. The smallest absolute Gasteiger partial charge is 0.325 e. The second-order valence-electron chi connectivity index (χ2n) is 3.37. The fourth-order valence-corrected chi connectivity index (χ4v) is 1.11.